The van der Waals surface area contributed by atoms with Crippen LogP contribution in [0.25, 0.3) is 0 Å². The molecular formula is C16H23ClN2O. The van der Waals surface area contributed by atoms with Gasteiger partial charge in [-0.15, -0.1) is 0 Å². The van der Waals surface area contributed by atoms with E-state index < -0.39 is 0 Å². The van der Waals surface area contributed by atoms with Crippen molar-refractivity contribution >= 4 is 23.2 Å². The number of halogens is 1. The molecule has 1 fully saturated rings. The lowest BCUT2D eigenvalue weighted by atomic mass is 9.76. The normalized spacial score (nSPS) is 22.6. The fourth-order valence-electron chi connectivity index (χ4n) is 2.96. The molecule has 1 aliphatic rings. The molecule has 1 heterocycles. The Kier molecular flexibility index (Phi) is 5.06. The smallest absolute Gasteiger partial charge is 0.231 e. The average Bonchev–Trinajstić information content (AvgIpc) is 2.44. The molecule has 0 aromatic heterocycles. The van der Waals surface area contributed by atoms with E-state index in [1.165, 1.54) is 0 Å². The fraction of sp³-hybridized carbons (Fsp3) is 0.562. The molecule has 0 radical (unpaired) electrons. The first-order valence-corrected chi connectivity index (χ1v) is 7.73. The summed E-state index contributed by atoms with van der Waals surface area (Å²) in [7, 11) is 0. The number of hydrogen-bond acceptors (Lipinski definition) is 2. The van der Waals surface area contributed by atoms with Crippen LogP contribution >= 0.6 is 11.6 Å². The Labute approximate surface area is 126 Å². The number of nitrogens with one attached hydrogen (secondary N) is 2. The number of piperidine rings is 1. The van der Waals surface area contributed by atoms with Crippen molar-refractivity contribution in [3.05, 3.63) is 28.8 Å². The molecule has 4 heteroatoms. The minimum absolute atomic E-state index is 0.0963. The Hall–Kier alpha value is -1.06. The van der Waals surface area contributed by atoms with Gasteiger partial charge in [0.05, 0.1) is 16.1 Å². The molecule has 0 spiro atoms. The third kappa shape index (κ3) is 3.33. The second kappa shape index (κ2) is 6.59. The zero-order valence-corrected chi connectivity index (χ0v) is 13.0. The Morgan fingerprint density at radius 2 is 2.30 bits per heavy atom. The molecule has 20 heavy (non-hydrogen) atoms. The van der Waals surface area contributed by atoms with Crippen molar-refractivity contribution in [3.8, 4) is 0 Å². The number of aryl methyl sites for hydroxylation is 1. The van der Waals surface area contributed by atoms with Crippen LogP contribution in [0.5, 0.6) is 0 Å². The predicted molar refractivity (Wildman–Crippen MR) is 84.3 cm³/mol. The highest BCUT2D eigenvalue weighted by atomic mass is 35.5. The lowest BCUT2D eigenvalue weighted by Crippen LogP contribution is -2.48. The van der Waals surface area contributed by atoms with Crippen molar-refractivity contribution in [1.82, 2.24) is 5.32 Å². The molecule has 1 unspecified atom stereocenters. The zero-order chi connectivity index (χ0) is 14.6. The summed E-state index contributed by atoms with van der Waals surface area (Å²) in [5, 5.41) is 6.99. The largest absolute Gasteiger partial charge is 0.324 e. The standard InChI is InChI=1S/C16H23ClN2O/c1-3-7-16(8-4-9-18-11-16)15(20)19-14-10-12(2)5-6-13(14)17/h5-6,10,18H,3-4,7-9,11H2,1-2H3,(H,19,20). The molecule has 3 nitrogen and oxygen atoms in total. The van der Waals surface area contributed by atoms with Gasteiger partial charge in [-0.25, -0.2) is 0 Å². The summed E-state index contributed by atoms with van der Waals surface area (Å²) >= 11 is 6.17. The van der Waals surface area contributed by atoms with Gasteiger partial charge in [-0.1, -0.05) is 31.0 Å². The maximum atomic E-state index is 12.7. The summed E-state index contributed by atoms with van der Waals surface area (Å²) in [6.45, 7) is 5.89. The number of carbonyl (C=O) groups excluding carboxylic acids is 1. The van der Waals surface area contributed by atoms with Crippen molar-refractivity contribution in [2.24, 2.45) is 5.41 Å². The second-order valence-corrected chi connectivity index (χ2v) is 6.16. The van der Waals surface area contributed by atoms with Gasteiger partial charge in [0.2, 0.25) is 5.91 Å². The highest BCUT2D eigenvalue weighted by Gasteiger charge is 2.38. The third-order valence-corrected chi connectivity index (χ3v) is 4.38. The Balaban J connectivity index is 2.18. The first-order valence-electron chi connectivity index (χ1n) is 7.36. The number of anilines is 1. The van der Waals surface area contributed by atoms with E-state index in [9.17, 15) is 4.79 Å². The molecule has 0 bridgehead atoms. The average molecular weight is 295 g/mol. The topological polar surface area (TPSA) is 41.1 Å². The van der Waals surface area contributed by atoms with Crippen molar-refractivity contribution in [3.63, 3.8) is 0 Å². The molecule has 0 saturated carbocycles. The summed E-state index contributed by atoms with van der Waals surface area (Å²) < 4.78 is 0. The summed E-state index contributed by atoms with van der Waals surface area (Å²) in [6, 6.07) is 5.70. The molecule has 110 valence electrons. The van der Waals surface area contributed by atoms with Crippen LogP contribution in [0.1, 0.15) is 38.2 Å². The van der Waals surface area contributed by atoms with E-state index in [2.05, 4.69) is 17.6 Å². The highest BCUT2D eigenvalue weighted by molar-refractivity contribution is 6.33. The Morgan fingerprint density at radius 3 is 2.95 bits per heavy atom. The predicted octanol–water partition coefficient (Wildman–Crippen LogP) is 3.76. The lowest BCUT2D eigenvalue weighted by molar-refractivity contribution is -0.127. The summed E-state index contributed by atoms with van der Waals surface area (Å²) in [6.07, 6.45) is 3.92. The van der Waals surface area contributed by atoms with Gasteiger partial charge in [-0.2, -0.15) is 0 Å². The third-order valence-electron chi connectivity index (χ3n) is 4.05. The van der Waals surface area contributed by atoms with Gasteiger partial charge < -0.3 is 10.6 Å². The van der Waals surface area contributed by atoms with Gasteiger partial charge in [0.1, 0.15) is 0 Å². The van der Waals surface area contributed by atoms with Gasteiger partial charge in [0.15, 0.2) is 0 Å². The van der Waals surface area contributed by atoms with Crippen LogP contribution < -0.4 is 10.6 Å². The minimum Gasteiger partial charge on any atom is -0.324 e. The van der Waals surface area contributed by atoms with Crippen LogP contribution in [0.4, 0.5) is 5.69 Å². The summed E-state index contributed by atoms with van der Waals surface area (Å²) in [5.41, 5.74) is 1.52. The van der Waals surface area contributed by atoms with E-state index in [4.69, 9.17) is 11.6 Å². The molecular weight excluding hydrogens is 272 g/mol. The van der Waals surface area contributed by atoms with E-state index in [0.29, 0.717) is 5.02 Å². The van der Waals surface area contributed by atoms with Crippen LogP contribution in [0.15, 0.2) is 18.2 Å². The van der Waals surface area contributed by atoms with Crippen LogP contribution in [0, 0.1) is 12.3 Å². The van der Waals surface area contributed by atoms with Crippen LogP contribution in [0.3, 0.4) is 0 Å². The van der Waals surface area contributed by atoms with Crippen LogP contribution in [0.2, 0.25) is 5.02 Å². The number of hydrogen-bond donors (Lipinski definition) is 2. The molecule has 2 rings (SSSR count). The molecule has 2 N–H and O–H groups in total. The van der Waals surface area contributed by atoms with E-state index in [0.717, 1.165) is 50.0 Å². The number of rotatable bonds is 4. The SMILES string of the molecule is CCCC1(C(=O)Nc2cc(C)ccc2Cl)CCCNC1. The van der Waals surface area contributed by atoms with Crippen molar-refractivity contribution in [2.75, 3.05) is 18.4 Å². The number of carbonyl (C=O) groups is 1. The van der Waals surface area contributed by atoms with Crippen molar-refractivity contribution in [2.45, 2.75) is 39.5 Å². The van der Waals surface area contributed by atoms with Gasteiger partial charge in [0, 0.05) is 6.54 Å². The molecule has 1 atom stereocenters. The second-order valence-electron chi connectivity index (χ2n) is 5.75. The van der Waals surface area contributed by atoms with Gasteiger partial charge in [0.25, 0.3) is 0 Å². The minimum atomic E-state index is -0.292. The molecule has 1 aliphatic heterocycles. The van der Waals surface area contributed by atoms with E-state index in [1.807, 2.05) is 25.1 Å². The van der Waals surface area contributed by atoms with Gasteiger partial charge in [-0.3, -0.25) is 4.79 Å². The molecule has 1 aromatic carbocycles. The van der Waals surface area contributed by atoms with Crippen molar-refractivity contribution in [1.29, 1.82) is 0 Å². The Bertz CT molecular complexity index is 476. The summed E-state index contributed by atoms with van der Waals surface area (Å²) in [5.74, 6) is 0.0963. The van der Waals surface area contributed by atoms with Gasteiger partial charge >= 0.3 is 0 Å². The number of benzene rings is 1. The van der Waals surface area contributed by atoms with Crippen LogP contribution in [-0.2, 0) is 4.79 Å². The molecule has 1 aromatic rings. The van der Waals surface area contributed by atoms with Gasteiger partial charge in [-0.05, 0) is 50.4 Å². The lowest BCUT2D eigenvalue weighted by Gasteiger charge is -2.36. The number of amides is 1. The maximum Gasteiger partial charge on any atom is 0.231 e. The van der Waals surface area contributed by atoms with Crippen molar-refractivity contribution < 1.29 is 4.79 Å². The van der Waals surface area contributed by atoms with Crippen LogP contribution in [-0.4, -0.2) is 19.0 Å². The molecule has 0 aliphatic carbocycles. The Morgan fingerprint density at radius 1 is 1.50 bits per heavy atom. The monoisotopic (exact) mass is 294 g/mol. The summed E-state index contributed by atoms with van der Waals surface area (Å²) in [4.78, 5) is 12.7. The zero-order valence-electron chi connectivity index (χ0n) is 12.3. The fourth-order valence-corrected chi connectivity index (χ4v) is 3.12. The quantitative estimate of drug-likeness (QED) is 0.888. The van der Waals surface area contributed by atoms with E-state index in [1.54, 1.807) is 0 Å². The highest BCUT2D eigenvalue weighted by Crippen LogP contribution is 2.34. The molecule has 1 amide bonds. The first-order chi connectivity index (χ1) is 9.57. The van der Waals surface area contributed by atoms with E-state index >= 15 is 0 Å². The van der Waals surface area contributed by atoms with E-state index in [-0.39, 0.29) is 11.3 Å². The molecule has 1 saturated heterocycles. The maximum absolute atomic E-state index is 12.7. The first kappa shape index (κ1) is 15.3.